The summed E-state index contributed by atoms with van der Waals surface area (Å²) in [5.41, 5.74) is 6.96. The predicted molar refractivity (Wildman–Crippen MR) is 93.9 cm³/mol. The molecule has 0 amide bonds. The number of pyridine rings is 1. The number of aromatic nitrogens is 1. The Bertz CT molecular complexity index is 508. The number of nitrogens with two attached hydrogens (primary N) is 1. The molecule has 0 aliphatic carbocycles. The Morgan fingerprint density at radius 3 is 2.24 bits per heavy atom. The van der Waals surface area contributed by atoms with Gasteiger partial charge in [0.25, 0.3) is 5.56 Å². The molecule has 21 heavy (non-hydrogen) atoms. The minimum atomic E-state index is -0.0505. The van der Waals surface area contributed by atoms with Crippen molar-refractivity contribution in [2.75, 3.05) is 0 Å². The number of thiocarbonyl (C=S) groups is 1. The van der Waals surface area contributed by atoms with Crippen LogP contribution in [0.5, 0.6) is 0 Å². The second-order valence-corrected chi connectivity index (χ2v) is 6.12. The first-order chi connectivity index (χ1) is 10.1. The molecular formula is C17H28N2OS. The van der Waals surface area contributed by atoms with Crippen LogP contribution in [0.4, 0.5) is 0 Å². The lowest BCUT2D eigenvalue weighted by Gasteiger charge is -2.11. The van der Waals surface area contributed by atoms with Crippen molar-refractivity contribution in [1.82, 2.24) is 4.57 Å². The normalized spacial score (nSPS) is 10.8. The summed E-state index contributed by atoms with van der Waals surface area (Å²) in [5, 5.41) is 0. The van der Waals surface area contributed by atoms with E-state index in [4.69, 9.17) is 18.0 Å². The van der Waals surface area contributed by atoms with Gasteiger partial charge in [0.05, 0.1) is 5.56 Å². The van der Waals surface area contributed by atoms with Gasteiger partial charge in [0, 0.05) is 12.2 Å². The van der Waals surface area contributed by atoms with Gasteiger partial charge in [-0.3, -0.25) is 4.79 Å². The van der Waals surface area contributed by atoms with Gasteiger partial charge in [0.15, 0.2) is 0 Å². The summed E-state index contributed by atoms with van der Waals surface area (Å²) in [6, 6.07) is 3.64. The van der Waals surface area contributed by atoms with Crippen LogP contribution < -0.4 is 11.3 Å². The van der Waals surface area contributed by atoms with Crippen LogP contribution in [-0.4, -0.2) is 9.56 Å². The summed E-state index contributed by atoms with van der Waals surface area (Å²) in [6.45, 7) is 4.95. The second kappa shape index (κ2) is 9.72. The standard InChI is InChI=1S/C17H28N2OS/c1-3-4-5-6-7-8-9-10-13-19-14(2)11-12-15(16(18)21)17(19)20/h11-12H,3-10,13H2,1-2H3,(H2,18,21). The van der Waals surface area contributed by atoms with Crippen LogP contribution in [0.15, 0.2) is 16.9 Å². The molecule has 0 saturated carbocycles. The van der Waals surface area contributed by atoms with Crippen molar-refractivity contribution in [2.45, 2.75) is 71.8 Å². The van der Waals surface area contributed by atoms with Crippen LogP contribution in [0, 0.1) is 6.92 Å². The highest BCUT2D eigenvalue weighted by molar-refractivity contribution is 7.80. The fraction of sp³-hybridized carbons (Fsp3) is 0.647. The molecule has 0 bridgehead atoms. The largest absolute Gasteiger partial charge is 0.389 e. The molecule has 0 spiro atoms. The molecule has 1 rings (SSSR count). The number of aryl methyl sites for hydroxylation is 1. The highest BCUT2D eigenvalue weighted by atomic mass is 32.1. The molecule has 3 nitrogen and oxygen atoms in total. The average molecular weight is 308 g/mol. The average Bonchev–Trinajstić information content (AvgIpc) is 2.44. The van der Waals surface area contributed by atoms with Gasteiger partial charge in [0.2, 0.25) is 0 Å². The molecular weight excluding hydrogens is 280 g/mol. The number of hydrogen-bond acceptors (Lipinski definition) is 2. The molecule has 1 aromatic heterocycles. The number of rotatable bonds is 10. The van der Waals surface area contributed by atoms with Crippen LogP contribution >= 0.6 is 12.2 Å². The van der Waals surface area contributed by atoms with Crippen molar-refractivity contribution in [1.29, 1.82) is 0 Å². The van der Waals surface area contributed by atoms with Gasteiger partial charge in [-0.1, -0.05) is 64.1 Å². The van der Waals surface area contributed by atoms with Gasteiger partial charge in [-0.15, -0.1) is 0 Å². The van der Waals surface area contributed by atoms with E-state index < -0.39 is 0 Å². The maximum atomic E-state index is 12.3. The molecule has 0 saturated heterocycles. The molecule has 1 aromatic rings. The summed E-state index contributed by atoms with van der Waals surface area (Å²) < 4.78 is 1.80. The molecule has 0 atom stereocenters. The lowest BCUT2D eigenvalue weighted by atomic mass is 10.1. The van der Waals surface area contributed by atoms with E-state index in [1.165, 1.54) is 44.9 Å². The third-order valence-electron chi connectivity index (χ3n) is 3.89. The van der Waals surface area contributed by atoms with Crippen molar-refractivity contribution >= 4 is 17.2 Å². The fourth-order valence-corrected chi connectivity index (χ4v) is 2.70. The zero-order chi connectivity index (χ0) is 15.7. The Hall–Kier alpha value is -1.16. The summed E-state index contributed by atoms with van der Waals surface area (Å²) in [4.78, 5) is 12.4. The Balaban J connectivity index is 2.40. The molecule has 0 radical (unpaired) electrons. The molecule has 118 valence electrons. The summed E-state index contributed by atoms with van der Waals surface area (Å²) in [7, 11) is 0. The molecule has 0 fully saturated rings. The van der Waals surface area contributed by atoms with Crippen molar-refractivity contribution in [3.8, 4) is 0 Å². The SMILES string of the molecule is CCCCCCCCCCn1c(C)ccc(C(N)=S)c1=O. The molecule has 1 heterocycles. The molecule has 4 heteroatoms. The van der Waals surface area contributed by atoms with E-state index in [0.717, 1.165) is 18.7 Å². The maximum Gasteiger partial charge on any atom is 0.260 e. The highest BCUT2D eigenvalue weighted by Gasteiger charge is 2.07. The first kappa shape index (κ1) is 17.9. The van der Waals surface area contributed by atoms with Gasteiger partial charge in [-0.2, -0.15) is 0 Å². The molecule has 0 unspecified atom stereocenters. The van der Waals surface area contributed by atoms with E-state index in [2.05, 4.69) is 6.92 Å². The maximum absolute atomic E-state index is 12.3. The first-order valence-corrected chi connectivity index (χ1v) is 8.49. The van der Waals surface area contributed by atoms with Gasteiger partial charge in [-0.25, -0.2) is 0 Å². The third kappa shape index (κ3) is 6.00. The van der Waals surface area contributed by atoms with Crippen molar-refractivity contribution in [3.63, 3.8) is 0 Å². The van der Waals surface area contributed by atoms with Crippen molar-refractivity contribution in [3.05, 3.63) is 33.7 Å². The number of hydrogen-bond donors (Lipinski definition) is 1. The summed E-state index contributed by atoms with van der Waals surface area (Å²) in [5.74, 6) is 0. The van der Waals surface area contributed by atoms with Crippen molar-refractivity contribution < 1.29 is 0 Å². The van der Waals surface area contributed by atoms with Gasteiger partial charge in [0.1, 0.15) is 4.99 Å². The van der Waals surface area contributed by atoms with E-state index in [9.17, 15) is 4.79 Å². The fourth-order valence-electron chi connectivity index (χ4n) is 2.54. The van der Waals surface area contributed by atoms with Crippen LogP contribution in [-0.2, 0) is 6.54 Å². The zero-order valence-electron chi connectivity index (χ0n) is 13.4. The molecule has 2 N–H and O–H groups in total. The lowest BCUT2D eigenvalue weighted by molar-refractivity contribution is 0.532. The third-order valence-corrected chi connectivity index (χ3v) is 4.11. The van der Waals surface area contributed by atoms with Crippen LogP contribution in [0.2, 0.25) is 0 Å². The van der Waals surface area contributed by atoms with E-state index in [0.29, 0.717) is 5.56 Å². The molecule has 0 aliphatic rings. The Morgan fingerprint density at radius 2 is 1.67 bits per heavy atom. The summed E-state index contributed by atoms with van der Waals surface area (Å²) in [6.07, 6.45) is 10.1. The van der Waals surface area contributed by atoms with E-state index in [-0.39, 0.29) is 10.5 Å². The minimum Gasteiger partial charge on any atom is -0.389 e. The number of unbranched alkanes of at least 4 members (excludes halogenated alkanes) is 7. The molecule has 0 aliphatic heterocycles. The lowest BCUT2D eigenvalue weighted by Crippen LogP contribution is -2.30. The minimum absolute atomic E-state index is 0.0505. The smallest absolute Gasteiger partial charge is 0.260 e. The van der Waals surface area contributed by atoms with Gasteiger partial charge in [-0.05, 0) is 25.5 Å². The van der Waals surface area contributed by atoms with Crippen molar-refractivity contribution in [2.24, 2.45) is 5.73 Å². The van der Waals surface area contributed by atoms with E-state index >= 15 is 0 Å². The van der Waals surface area contributed by atoms with Crippen LogP contribution in [0.25, 0.3) is 0 Å². The highest BCUT2D eigenvalue weighted by Crippen LogP contribution is 2.09. The van der Waals surface area contributed by atoms with Gasteiger partial charge < -0.3 is 10.3 Å². The Labute approximate surface area is 133 Å². The van der Waals surface area contributed by atoms with E-state index in [1.807, 2.05) is 13.0 Å². The quantitative estimate of drug-likeness (QED) is 0.526. The first-order valence-electron chi connectivity index (χ1n) is 8.08. The predicted octanol–water partition coefficient (Wildman–Crippen LogP) is 3.93. The number of nitrogens with zero attached hydrogens (tertiary/aromatic N) is 1. The zero-order valence-corrected chi connectivity index (χ0v) is 14.2. The van der Waals surface area contributed by atoms with Gasteiger partial charge >= 0.3 is 0 Å². The second-order valence-electron chi connectivity index (χ2n) is 5.68. The monoisotopic (exact) mass is 308 g/mol. The summed E-state index contributed by atoms with van der Waals surface area (Å²) >= 11 is 4.92. The Kier molecular flexibility index (Phi) is 8.28. The van der Waals surface area contributed by atoms with Crippen LogP contribution in [0.3, 0.4) is 0 Å². The Morgan fingerprint density at radius 1 is 1.10 bits per heavy atom. The van der Waals surface area contributed by atoms with Crippen LogP contribution in [0.1, 0.15) is 69.5 Å². The van der Waals surface area contributed by atoms with E-state index in [1.54, 1.807) is 10.6 Å². The molecule has 0 aromatic carbocycles. The topological polar surface area (TPSA) is 48.0 Å².